The summed E-state index contributed by atoms with van der Waals surface area (Å²) in [5, 5.41) is 23.3. The molecule has 1 aliphatic rings. The van der Waals surface area contributed by atoms with Crippen LogP contribution >= 0.6 is 0 Å². The Balaban J connectivity index is 1.28. The molecule has 0 aliphatic heterocycles. The van der Waals surface area contributed by atoms with Gasteiger partial charge in [-0.2, -0.15) is 0 Å². The topological polar surface area (TPSA) is 114 Å². The first-order chi connectivity index (χ1) is 13.1. The molecular weight excluding hydrogens is 355 g/mol. The average Bonchev–Trinajstić information content (AvgIpc) is 3.30. The maximum absolute atomic E-state index is 13.0. The highest BCUT2D eigenvalue weighted by Gasteiger charge is 2.32. The molecule has 1 saturated carbocycles. The molecule has 1 fully saturated rings. The summed E-state index contributed by atoms with van der Waals surface area (Å²) in [5.74, 6) is 0.478. The number of hydrogen-bond donors (Lipinski definition) is 2. The summed E-state index contributed by atoms with van der Waals surface area (Å²) in [4.78, 5) is 12.3. The minimum atomic E-state index is -0.340. The highest BCUT2D eigenvalue weighted by Crippen LogP contribution is 2.30. The molecular formula is C18H17FN4O4. The summed E-state index contributed by atoms with van der Waals surface area (Å²) >= 11 is 0. The molecule has 27 heavy (non-hydrogen) atoms. The lowest BCUT2D eigenvalue weighted by Gasteiger charge is -2.34. The fourth-order valence-electron chi connectivity index (χ4n) is 3.10. The normalized spacial score (nSPS) is 18.9. The van der Waals surface area contributed by atoms with E-state index in [9.17, 15) is 9.18 Å². The minimum absolute atomic E-state index is 0.0436. The third kappa shape index (κ3) is 3.87. The number of benzene rings is 1. The summed E-state index contributed by atoms with van der Waals surface area (Å²) in [5.41, 5.74) is 1.15. The van der Waals surface area contributed by atoms with Gasteiger partial charge in [0.1, 0.15) is 18.1 Å². The third-order valence-corrected chi connectivity index (χ3v) is 4.55. The molecule has 1 aliphatic carbocycles. The van der Waals surface area contributed by atoms with E-state index in [1.54, 1.807) is 12.1 Å². The van der Waals surface area contributed by atoms with Crippen LogP contribution in [0.5, 0.6) is 0 Å². The van der Waals surface area contributed by atoms with E-state index in [0.717, 1.165) is 12.8 Å². The SMILES string of the molecule is O=C(NC1CC(Cc2nnc(CO)o2)C1)c1cc(-c2ccc(F)cc2)no1. The molecule has 1 amide bonds. The summed E-state index contributed by atoms with van der Waals surface area (Å²) in [6.45, 7) is -0.270. The lowest BCUT2D eigenvalue weighted by atomic mass is 9.78. The van der Waals surface area contributed by atoms with E-state index in [-0.39, 0.29) is 36.0 Å². The van der Waals surface area contributed by atoms with Crippen molar-refractivity contribution in [3.05, 3.63) is 53.7 Å². The molecule has 0 radical (unpaired) electrons. The Morgan fingerprint density at radius 2 is 1.96 bits per heavy atom. The highest BCUT2D eigenvalue weighted by atomic mass is 19.1. The van der Waals surface area contributed by atoms with E-state index in [0.29, 0.717) is 29.5 Å². The second-order valence-electron chi connectivity index (χ2n) is 6.54. The van der Waals surface area contributed by atoms with Crippen molar-refractivity contribution in [1.82, 2.24) is 20.7 Å². The predicted octanol–water partition coefficient (Wildman–Crippen LogP) is 2.11. The van der Waals surface area contributed by atoms with Gasteiger partial charge in [-0.25, -0.2) is 4.39 Å². The molecule has 0 bridgehead atoms. The van der Waals surface area contributed by atoms with Crippen LogP contribution in [0.2, 0.25) is 0 Å². The fraction of sp³-hybridized carbons (Fsp3) is 0.333. The Labute approximate surface area is 153 Å². The molecule has 140 valence electrons. The van der Waals surface area contributed by atoms with Gasteiger partial charge in [0.25, 0.3) is 5.91 Å². The first-order valence-electron chi connectivity index (χ1n) is 8.56. The van der Waals surface area contributed by atoms with Gasteiger partial charge in [0.2, 0.25) is 17.5 Å². The first kappa shape index (κ1) is 17.3. The van der Waals surface area contributed by atoms with Crippen LogP contribution in [-0.4, -0.2) is 32.4 Å². The highest BCUT2D eigenvalue weighted by molar-refractivity contribution is 5.92. The van der Waals surface area contributed by atoms with Crippen LogP contribution in [0.3, 0.4) is 0 Å². The van der Waals surface area contributed by atoms with Crippen molar-refractivity contribution in [2.75, 3.05) is 0 Å². The number of aromatic nitrogens is 3. The van der Waals surface area contributed by atoms with Crippen LogP contribution in [0.1, 0.15) is 35.2 Å². The minimum Gasteiger partial charge on any atom is -0.423 e. The lowest BCUT2D eigenvalue weighted by molar-refractivity contribution is 0.0849. The number of aliphatic hydroxyl groups is 1. The number of amides is 1. The van der Waals surface area contributed by atoms with Crippen LogP contribution in [0, 0.1) is 11.7 Å². The molecule has 0 atom stereocenters. The zero-order valence-corrected chi connectivity index (χ0v) is 14.3. The van der Waals surface area contributed by atoms with Crippen LogP contribution in [0.25, 0.3) is 11.3 Å². The standard InChI is InChI=1S/C18H17FN4O4/c19-12-3-1-11(2-4-12)14-8-15(27-23-14)18(25)20-13-5-10(6-13)7-16-21-22-17(9-24)26-16/h1-4,8,10,13,24H,5-7,9H2,(H,20,25). The van der Waals surface area contributed by atoms with Gasteiger partial charge in [-0.1, -0.05) is 5.16 Å². The van der Waals surface area contributed by atoms with Crippen molar-refractivity contribution < 1.29 is 23.2 Å². The molecule has 9 heteroatoms. The maximum atomic E-state index is 13.0. The molecule has 0 unspecified atom stereocenters. The van der Waals surface area contributed by atoms with Gasteiger partial charge in [0.15, 0.2) is 0 Å². The van der Waals surface area contributed by atoms with E-state index in [4.69, 9.17) is 14.0 Å². The molecule has 2 N–H and O–H groups in total. The van der Waals surface area contributed by atoms with E-state index < -0.39 is 0 Å². The molecule has 2 heterocycles. The van der Waals surface area contributed by atoms with E-state index in [2.05, 4.69) is 20.7 Å². The van der Waals surface area contributed by atoms with Crippen molar-refractivity contribution >= 4 is 5.91 Å². The Kier molecular flexibility index (Phi) is 4.68. The Bertz CT molecular complexity index is 931. The molecule has 3 aromatic rings. The summed E-state index contributed by atoms with van der Waals surface area (Å²) in [7, 11) is 0. The van der Waals surface area contributed by atoms with Crippen LogP contribution in [0.15, 0.2) is 39.3 Å². The van der Waals surface area contributed by atoms with Crippen molar-refractivity contribution in [3.8, 4) is 11.3 Å². The van der Waals surface area contributed by atoms with Crippen LogP contribution in [-0.2, 0) is 13.0 Å². The molecule has 8 nitrogen and oxygen atoms in total. The Morgan fingerprint density at radius 1 is 1.22 bits per heavy atom. The van der Waals surface area contributed by atoms with Crippen molar-refractivity contribution in [2.24, 2.45) is 5.92 Å². The number of nitrogens with one attached hydrogen (secondary N) is 1. The number of hydrogen-bond acceptors (Lipinski definition) is 7. The summed E-state index contributed by atoms with van der Waals surface area (Å²) in [6, 6.07) is 7.38. The van der Waals surface area contributed by atoms with Gasteiger partial charge in [-0.3, -0.25) is 4.79 Å². The number of carbonyl (C=O) groups is 1. The average molecular weight is 372 g/mol. The van der Waals surface area contributed by atoms with Gasteiger partial charge >= 0.3 is 0 Å². The molecule has 0 saturated heterocycles. The predicted molar refractivity (Wildman–Crippen MR) is 89.8 cm³/mol. The molecule has 4 rings (SSSR count). The zero-order valence-electron chi connectivity index (χ0n) is 14.3. The monoisotopic (exact) mass is 372 g/mol. The van der Waals surface area contributed by atoms with E-state index in [1.807, 2.05) is 0 Å². The van der Waals surface area contributed by atoms with E-state index >= 15 is 0 Å². The van der Waals surface area contributed by atoms with Crippen molar-refractivity contribution in [1.29, 1.82) is 0 Å². The second kappa shape index (κ2) is 7.28. The number of halogens is 1. The third-order valence-electron chi connectivity index (χ3n) is 4.55. The summed E-state index contributed by atoms with van der Waals surface area (Å²) < 4.78 is 23.4. The van der Waals surface area contributed by atoms with Gasteiger partial charge in [-0.05, 0) is 43.0 Å². The fourth-order valence-corrected chi connectivity index (χ4v) is 3.10. The molecule has 2 aromatic heterocycles. The van der Waals surface area contributed by atoms with Crippen molar-refractivity contribution in [3.63, 3.8) is 0 Å². The van der Waals surface area contributed by atoms with Crippen LogP contribution in [0.4, 0.5) is 4.39 Å². The molecule has 0 spiro atoms. The maximum Gasteiger partial charge on any atom is 0.290 e. The van der Waals surface area contributed by atoms with Gasteiger partial charge in [0, 0.05) is 24.1 Å². The Morgan fingerprint density at radius 3 is 2.67 bits per heavy atom. The zero-order chi connectivity index (χ0) is 18.8. The quantitative estimate of drug-likeness (QED) is 0.681. The van der Waals surface area contributed by atoms with Gasteiger partial charge in [0.05, 0.1) is 0 Å². The molecule has 1 aromatic carbocycles. The number of rotatable bonds is 6. The van der Waals surface area contributed by atoms with Crippen molar-refractivity contribution in [2.45, 2.75) is 31.9 Å². The van der Waals surface area contributed by atoms with E-state index in [1.165, 1.54) is 18.2 Å². The number of aliphatic hydroxyl groups excluding tert-OH is 1. The smallest absolute Gasteiger partial charge is 0.290 e. The second-order valence-corrected chi connectivity index (χ2v) is 6.54. The van der Waals surface area contributed by atoms with Crippen LogP contribution < -0.4 is 5.32 Å². The lowest BCUT2D eigenvalue weighted by Crippen LogP contribution is -2.44. The largest absolute Gasteiger partial charge is 0.423 e. The number of carbonyl (C=O) groups excluding carboxylic acids is 1. The number of nitrogens with zero attached hydrogens (tertiary/aromatic N) is 3. The van der Waals surface area contributed by atoms with Gasteiger partial charge < -0.3 is 19.4 Å². The first-order valence-corrected chi connectivity index (χ1v) is 8.56. The van der Waals surface area contributed by atoms with Gasteiger partial charge in [-0.15, -0.1) is 10.2 Å². The Hall–Kier alpha value is -3.07. The summed E-state index contributed by atoms with van der Waals surface area (Å²) in [6.07, 6.45) is 2.21.